The van der Waals surface area contributed by atoms with E-state index in [1.807, 2.05) is 12.1 Å². The molecule has 1 amide bonds. The molecule has 0 atom stereocenters. The topological polar surface area (TPSA) is 82.0 Å². The van der Waals surface area contributed by atoms with Crippen LogP contribution in [0.3, 0.4) is 0 Å². The molecule has 0 saturated carbocycles. The van der Waals surface area contributed by atoms with E-state index >= 15 is 0 Å². The molecular weight excluding hydrogens is 356 g/mol. The number of ether oxygens (including phenoxy) is 1. The zero-order valence-corrected chi connectivity index (χ0v) is 14.9. The van der Waals surface area contributed by atoms with Gasteiger partial charge in [0.2, 0.25) is 0 Å². The molecule has 0 aliphatic carbocycles. The number of carboxylic acid groups (broad SMARTS) is 1. The van der Waals surface area contributed by atoms with Gasteiger partial charge in [0.15, 0.2) is 0 Å². The highest BCUT2D eigenvalue weighted by atomic mass is 35.5. The number of phenols is 1. The van der Waals surface area contributed by atoms with Gasteiger partial charge in [0.25, 0.3) is 0 Å². The molecule has 138 valence electrons. The van der Waals surface area contributed by atoms with E-state index in [0.717, 1.165) is 5.69 Å². The number of halogens is 1. The Morgan fingerprint density at radius 2 is 1.81 bits per heavy atom. The van der Waals surface area contributed by atoms with Crippen LogP contribution in [0.25, 0.3) is 0 Å². The van der Waals surface area contributed by atoms with Gasteiger partial charge in [-0.1, -0.05) is 18.2 Å². The van der Waals surface area contributed by atoms with Gasteiger partial charge in [-0.05, 0) is 54.1 Å². The first-order valence-corrected chi connectivity index (χ1v) is 8.37. The highest BCUT2D eigenvalue weighted by molar-refractivity contribution is 6.30. The van der Waals surface area contributed by atoms with E-state index in [-0.39, 0.29) is 18.9 Å². The van der Waals surface area contributed by atoms with Crippen molar-refractivity contribution in [1.29, 1.82) is 0 Å². The molecule has 0 radical (unpaired) electrons. The molecule has 0 saturated heterocycles. The lowest BCUT2D eigenvalue weighted by molar-refractivity contribution is 0.150. The van der Waals surface area contributed by atoms with Crippen molar-refractivity contribution < 1.29 is 19.7 Å². The fraction of sp³-hybridized carbons (Fsp3) is 0.211. The summed E-state index contributed by atoms with van der Waals surface area (Å²) < 4.78 is 5.53. The highest BCUT2D eigenvalue weighted by Gasteiger charge is 2.13. The van der Waals surface area contributed by atoms with Crippen molar-refractivity contribution in [2.24, 2.45) is 0 Å². The largest absolute Gasteiger partial charge is 0.508 e. The van der Waals surface area contributed by atoms with E-state index in [0.29, 0.717) is 29.4 Å². The molecule has 0 unspecified atom stereocenters. The van der Waals surface area contributed by atoms with E-state index in [1.54, 1.807) is 24.3 Å². The Morgan fingerprint density at radius 1 is 1.15 bits per heavy atom. The van der Waals surface area contributed by atoms with Crippen LogP contribution in [0.4, 0.5) is 10.5 Å². The summed E-state index contributed by atoms with van der Waals surface area (Å²) in [5.74, 6) is 0.733. The quantitative estimate of drug-likeness (QED) is 0.574. The van der Waals surface area contributed by atoms with Crippen LogP contribution in [0.5, 0.6) is 11.5 Å². The maximum Gasteiger partial charge on any atom is 0.407 e. The number of aromatic hydroxyl groups is 1. The van der Waals surface area contributed by atoms with Crippen LogP contribution in [-0.4, -0.2) is 47.4 Å². The predicted molar refractivity (Wildman–Crippen MR) is 102 cm³/mol. The summed E-state index contributed by atoms with van der Waals surface area (Å²) in [5, 5.41) is 22.4. The van der Waals surface area contributed by atoms with Crippen molar-refractivity contribution in [1.82, 2.24) is 4.90 Å². The van der Waals surface area contributed by atoms with Crippen molar-refractivity contribution in [3.63, 3.8) is 0 Å². The van der Waals surface area contributed by atoms with Gasteiger partial charge >= 0.3 is 6.09 Å². The normalized spacial score (nSPS) is 10.2. The van der Waals surface area contributed by atoms with Gasteiger partial charge in [0, 0.05) is 30.3 Å². The molecule has 0 bridgehead atoms. The smallest absolute Gasteiger partial charge is 0.407 e. The summed E-state index contributed by atoms with van der Waals surface area (Å²) in [7, 11) is 0. The molecule has 0 spiro atoms. The molecule has 6 nitrogen and oxygen atoms in total. The number of hydrogen-bond donors (Lipinski definition) is 3. The molecule has 0 aromatic heterocycles. The summed E-state index contributed by atoms with van der Waals surface area (Å²) in [6.07, 6.45) is -1.02. The summed E-state index contributed by atoms with van der Waals surface area (Å²) in [6, 6.07) is 13.5. The number of amides is 1. The third-order valence-corrected chi connectivity index (χ3v) is 3.77. The number of benzene rings is 2. The minimum atomic E-state index is -1.02. The molecule has 2 aromatic carbocycles. The van der Waals surface area contributed by atoms with Crippen molar-refractivity contribution in [3.05, 3.63) is 65.7 Å². The third-order valence-electron chi connectivity index (χ3n) is 3.52. The number of hydrogen-bond acceptors (Lipinski definition) is 4. The van der Waals surface area contributed by atoms with Crippen LogP contribution in [-0.2, 0) is 0 Å². The van der Waals surface area contributed by atoms with Crippen LogP contribution in [0.2, 0.25) is 5.02 Å². The molecule has 7 heteroatoms. The first kappa shape index (κ1) is 19.5. The number of nitrogens with zero attached hydrogens (tertiary/aromatic N) is 1. The summed E-state index contributed by atoms with van der Waals surface area (Å²) in [4.78, 5) is 12.7. The van der Waals surface area contributed by atoms with Gasteiger partial charge in [0.1, 0.15) is 18.1 Å². The Balaban J connectivity index is 1.77. The molecule has 2 aromatic rings. The van der Waals surface area contributed by atoms with Gasteiger partial charge in [0.05, 0.1) is 0 Å². The van der Waals surface area contributed by atoms with Crippen LogP contribution >= 0.6 is 11.6 Å². The van der Waals surface area contributed by atoms with Gasteiger partial charge in [-0.25, -0.2) is 4.79 Å². The lowest BCUT2D eigenvalue weighted by atomic mass is 10.3. The Bertz CT molecular complexity index is 732. The molecule has 0 aliphatic rings. The van der Waals surface area contributed by atoms with E-state index in [9.17, 15) is 15.0 Å². The molecular formula is C19H21ClN2O4. The second-order valence-corrected chi connectivity index (χ2v) is 6.11. The van der Waals surface area contributed by atoms with Gasteiger partial charge in [-0.15, -0.1) is 0 Å². The van der Waals surface area contributed by atoms with Gasteiger partial charge in [-0.2, -0.15) is 0 Å². The zero-order valence-electron chi connectivity index (χ0n) is 14.2. The molecule has 0 fully saturated rings. The highest BCUT2D eigenvalue weighted by Crippen LogP contribution is 2.16. The lowest BCUT2D eigenvalue weighted by Gasteiger charge is -2.21. The number of anilines is 1. The number of rotatable bonds is 9. The number of phenolic OH excluding ortho intramolecular Hbond substituents is 1. The first-order valence-electron chi connectivity index (χ1n) is 8.00. The summed E-state index contributed by atoms with van der Waals surface area (Å²) in [5.41, 5.74) is 1.50. The van der Waals surface area contributed by atoms with Crippen molar-refractivity contribution in [3.8, 4) is 11.5 Å². The van der Waals surface area contributed by atoms with E-state index < -0.39 is 6.09 Å². The second-order valence-electron chi connectivity index (χ2n) is 5.67. The molecule has 26 heavy (non-hydrogen) atoms. The van der Waals surface area contributed by atoms with Crippen LogP contribution in [0.15, 0.2) is 60.7 Å². The maximum absolute atomic E-state index is 11.4. The first-order chi connectivity index (χ1) is 12.4. The predicted octanol–water partition coefficient (Wildman–Crippen LogP) is 4.07. The Morgan fingerprint density at radius 3 is 2.42 bits per heavy atom. The van der Waals surface area contributed by atoms with E-state index in [4.69, 9.17) is 16.3 Å². The van der Waals surface area contributed by atoms with E-state index in [2.05, 4.69) is 11.9 Å². The average molecular weight is 377 g/mol. The van der Waals surface area contributed by atoms with Gasteiger partial charge < -0.3 is 25.2 Å². The fourth-order valence-electron chi connectivity index (χ4n) is 2.19. The molecule has 3 N–H and O–H groups in total. The molecule has 2 rings (SSSR count). The molecule has 0 heterocycles. The Hall–Kier alpha value is -2.86. The summed E-state index contributed by atoms with van der Waals surface area (Å²) in [6.45, 7) is 5.00. The van der Waals surface area contributed by atoms with Crippen molar-refractivity contribution in [2.45, 2.75) is 0 Å². The summed E-state index contributed by atoms with van der Waals surface area (Å²) >= 11 is 5.83. The maximum atomic E-state index is 11.4. The van der Waals surface area contributed by atoms with E-state index in [1.165, 1.54) is 17.0 Å². The third kappa shape index (κ3) is 6.57. The Kier molecular flexibility index (Phi) is 7.17. The van der Waals surface area contributed by atoms with Gasteiger partial charge in [-0.3, -0.25) is 0 Å². The van der Waals surface area contributed by atoms with Crippen molar-refractivity contribution in [2.75, 3.05) is 31.6 Å². The van der Waals surface area contributed by atoms with Crippen LogP contribution in [0.1, 0.15) is 0 Å². The number of carbonyl (C=O) groups is 1. The minimum absolute atomic E-state index is 0.154. The fourth-order valence-corrected chi connectivity index (χ4v) is 2.31. The SMILES string of the molecule is C=C(COc1ccc(O)cc1)CN(CCNc1ccc(Cl)cc1)C(=O)O. The average Bonchev–Trinajstić information content (AvgIpc) is 2.62. The zero-order chi connectivity index (χ0) is 18.9. The minimum Gasteiger partial charge on any atom is -0.508 e. The Labute approximate surface area is 157 Å². The van der Waals surface area contributed by atoms with Crippen LogP contribution < -0.4 is 10.1 Å². The number of nitrogens with one attached hydrogen (secondary N) is 1. The molecule has 0 aliphatic heterocycles. The standard InChI is InChI=1S/C19H21ClN2O4/c1-14(13-26-18-8-6-17(23)7-9-18)12-22(19(24)25)11-10-21-16-4-2-15(20)3-5-16/h2-9,21,23H,1,10-13H2,(H,24,25). The second kappa shape index (κ2) is 9.58. The van der Waals surface area contributed by atoms with Crippen LogP contribution in [0, 0.1) is 0 Å². The lowest BCUT2D eigenvalue weighted by Crippen LogP contribution is -2.36. The monoisotopic (exact) mass is 376 g/mol. The van der Waals surface area contributed by atoms with Crippen molar-refractivity contribution >= 4 is 23.4 Å².